The van der Waals surface area contributed by atoms with E-state index < -0.39 is 0 Å². The Morgan fingerprint density at radius 2 is 2.00 bits per heavy atom. The van der Waals surface area contributed by atoms with Crippen molar-refractivity contribution in [2.24, 2.45) is 0 Å². The summed E-state index contributed by atoms with van der Waals surface area (Å²) < 4.78 is 0. The van der Waals surface area contributed by atoms with E-state index >= 15 is 0 Å². The Hall–Kier alpha value is -1.89. The van der Waals surface area contributed by atoms with Crippen molar-refractivity contribution >= 4 is 22.9 Å². The molecule has 0 saturated carbocycles. The minimum Gasteiger partial charge on any atom is -0.394 e. The first kappa shape index (κ1) is 14.5. The van der Waals surface area contributed by atoms with Gasteiger partial charge >= 0.3 is 0 Å². The van der Waals surface area contributed by atoms with Gasteiger partial charge in [0.15, 0.2) is 11.5 Å². The molecular weight excluding hydrogens is 256 g/mol. The molecule has 110 valence electrons. The summed E-state index contributed by atoms with van der Waals surface area (Å²) in [5, 5.41) is 16.1. The summed E-state index contributed by atoms with van der Waals surface area (Å²) in [5.74, 6) is 1.20. The number of nitrogens with zero attached hydrogens (tertiary/aromatic N) is 3. The summed E-state index contributed by atoms with van der Waals surface area (Å²) in [7, 11) is 0. The molecule has 0 atom stereocenters. The topological polar surface area (TPSA) is 98.8 Å². The van der Waals surface area contributed by atoms with Gasteiger partial charge in [-0.3, -0.25) is 0 Å². The molecule has 0 amide bonds. The molecule has 7 heteroatoms. The predicted molar refractivity (Wildman–Crippen MR) is 79.9 cm³/mol. The van der Waals surface area contributed by atoms with Crippen molar-refractivity contribution in [2.45, 2.75) is 39.2 Å². The van der Waals surface area contributed by atoms with Gasteiger partial charge in [-0.1, -0.05) is 13.8 Å². The van der Waals surface area contributed by atoms with E-state index in [9.17, 15) is 5.11 Å². The SMILES string of the molecule is CCNc1nc(NC(CC)(CC)CO)c2[nH]cnc2n1. The van der Waals surface area contributed by atoms with Crippen LogP contribution in [-0.2, 0) is 0 Å². The van der Waals surface area contributed by atoms with Crippen LogP contribution in [0.2, 0.25) is 0 Å². The van der Waals surface area contributed by atoms with Crippen molar-refractivity contribution in [3.05, 3.63) is 6.33 Å². The van der Waals surface area contributed by atoms with Crippen LogP contribution in [0.5, 0.6) is 0 Å². The van der Waals surface area contributed by atoms with Gasteiger partial charge in [0.25, 0.3) is 0 Å². The molecule has 2 rings (SSSR count). The van der Waals surface area contributed by atoms with Crippen LogP contribution in [0, 0.1) is 0 Å². The van der Waals surface area contributed by atoms with E-state index in [-0.39, 0.29) is 12.1 Å². The first-order chi connectivity index (χ1) is 9.68. The summed E-state index contributed by atoms with van der Waals surface area (Å²) in [5.41, 5.74) is 0.986. The highest BCUT2D eigenvalue weighted by Gasteiger charge is 2.27. The second-order valence-electron chi connectivity index (χ2n) is 4.80. The van der Waals surface area contributed by atoms with Gasteiger partial charge in [0.1, 0.15) is 5.52 Å². The Morgan fingerprint density at radius 1 is 1.25 bits per heavy atom. The molecular formula is C13H22N6O. The molecule has 0 aliphatic rings. The fourth-order valence-corrected chi connectivity index (χ4v) is 2.10. The van der Waals surface area contributed by atoms with E-state index in [1.807, 2.05) is 20.8 Å². The Balaban J connectivity index is 2.43. The average molecular weight is 278 g/mol. The van der Waals surface area contributed by atoms with Crippen molar-refractivity contribution in [1.29, 1.82) is 0 Å². The molecule has 0 aromatic carbocycles. The van der Waals surface area contributed by atoms with E-state index in [0.717, 1.165) is 24.9 Å². The number of H-pyrrole nitrogens is 1. The molecule has 0 fully saturated rings. The molecule has 4 N–H and O–H groups in total. The van der Waals surface area contributed by atoms with E-state index in [0.29, 0.717) is 17.4 Å². The molecule has 20 heavy (non-hydrogen) atoms. The second kappa shape index (κ2) is 6.04. The number of anilines is 2. The zero-order valence-electron chi connectivity index (χ0n) is 12.2. The third-order valence-corrected chi connectivity index (χ3v) is 3.66. The van der Waals surface area contributed by atoms with Gasteiger partial charge in [-0.25, -0.2) is 4.98 Å². The highest BCUT2D eigenvalue weighted by atomic mass is 16.3. The molecule has 0 aliphatic carbocycles. The Morgan fingerprint density at radius 3 is 2.60 bits per heavy atom. The number of hydrogen-bond donors (Lipinski definition) is 4. The van der Waals surface area contributed by atoms with Gasteiger partial charge in [-0.05, 0) is 19.8 Å². The molecule has 0 saturated heterocycles. The summed E-state index contributed by atoms with van der Waals surface area (Å²) in [6.07, 6.45) is 3.20. The quantitative estimate of drug-likeness (QED) is 0.616. The number of rotatable bonds is 7. The van der Waals surface area contributed by atoms with Gasteiger partial charge in [0, 0.05) is 6.54 Å². The van der Waals surface area contributed by atoms with Crippen LogP contribution in [0.4, 0.5) is 11.8 Å². The van der Waals surface area contributed by atoms with Gasteiger partial charge in [0.05, 0.1) is 18.5 Å². The molecule has 0 unspecified atom stereocenters. The van der Waals surface area contributed by atoms with Crippen LogP contribution in [0.15, 0.2) is 6.33 Å². The second-order valence-corrected chi connectivity index (χ2v) is 4.80. The van der Waals surface area contributed by atoms with Crippen molar-refractivity contribution in [3.63, 3.8) is 0 Å². The van der Waals surface area contributed by atoms with Crippen LogP contribution < -0.4 is 10.6 Å². The monoisotopic (exact) mass is 278 g/mol. The standard InChI is InChI=1S/C13H22N6O/c1-4-13(5-2,7-20)19-11-9-10(16-8-15-9)17-12(18-11)14-6-3/h8,20H,4-7H2,1-3H3,(H3,14,15,16,17,18,19). The average Bonchev–Trinajstić information content (AvgIpc) is 2.94. The zero-order valence-corrected chi connectivity index (χ0v) is 12.2. The Labute approximate surface area is 118 Å². The largest absolute Gasteiger partial charge is 0.394 e. The maximum absolute atomic E-state index is 9.69. The number of imidazole rings is 1. The summed E-state index contributed by atoms with van der Waals surface area (Å²) in [6, 6.07) is 0. The Bertz CT molecular complexity index is 555. The van der Waals surface area contributed by atoms with Crippen LogP contribution in [0.25, 0.3) is 11.2 Å². The van der Waals surface area contributed by atoms with E-state index in [1.165, 1.54) is 0 Å². The van der Waals surface area contributed by atoms with Gasteiger partial charge in [-0.2, -0.15) is 9.97 Å². The fraction of sp³-hybridized carbons (Fsp3) is 0.615. The maximum Gasteiger partial charge on any atom is 0.226 e. The number of nitrogens with one attached hydrogen (secondary N) is 3. The molecule has 0 bridgehead atoms. The van der Waals surface area contributed by atoms with Gasteiger partial charge < -0.3 is 20.7 Å². The zero-order chi connectivity index (χ0) is 14.6. The lowest BCUT2D eigenvalue weighted by atomic mass is 9.94. The first-order valence-corrected chi connectivity index (χ1v) is 7.02. The van der Waals surface area contributed by atoms with Crippen LogP contribution in [0.1, 0.15) is 33.6 Å². The lowest BCUT2D eigenvalue weighted by Gasteiger charge is -2.31. The van der Waals surface area contributed by atoms with E-state index in [2.05, 4.69) is 30.6 Å². The number of aromatic amines is 1. The number of aliphatic hydroxyl groups is 1. The fourth-order valence-electron chi connectivity index (χ4n) is 2.10. The summed E-state index contributed by atoms with van der Waals surface area (Å²) in [4.78, 5) is 16.0. The predicted octanol–water partition coefficient (Wildman–Crippen LogP) is 1.75. The van der Waals surface area contributed by atoms with Gasteiger partial charge in [0.2, 0.25) is 5.95 Å². The summed E-state index contributed by atoms with van der Waals surface area (Å²) in [6.45, 7) is 6.87. The van der Waals surface area contributed by atoms with Crippen molar-refractivity contribution in [2.75, 3.05) is 23.8 Å². The lowest BCUT2D eigenvalue weighted by Crippen LogP contribution is -2.41. The smallest absolute Gasteiger partial charge is 0.226 e. The normalized spacial score (nSPS) is 11.8. The maximum atomic E-state index is 9.69. The molecule has 2 aromatic heterocycles. The molecule has 7 nitrogen and oxygen atoms in total. The first-order valence-electron chi connectivity index (χ1n) is 7.02. The number of fused-ring (bicyclic) bond motifs is 1. The van der Waals surface area contributed by atoms with Crippen molar-refractivity contribution in [1.82, 2.24) is 19.9 Å². The number of hydrogen-bond acceptors (Lipinski definition) is 6. The molecule has 0 radical (unpaired) electrons. The highest BCUT2D eigenvalue weighted by molar-refractivity contribution is 5.84. The number of aromatic nitrogens is 4. The van der Waals surface area contributed by atoms with Gasteiger partial charge in [-0.15, -0.1) is 0 Å². The van der Waals surface area contributed by atoms with E-state index in [4.69, 9.17) is 0 Å². The third kappa shape index (κ3) is 2.67. The van der Waals surface area contributed by atoms with Crippen LogP contribution in [0.3, 0.4) is 0 Å². The number of aliphatic hydroxyl groups excluding tert-OH is 1. The molecule has 2 aromatic rings. The molecule has 0 aliphatic heterocycles. The van der Waals surface area contributed by atoms with Crippen molar-refractivity contribution < 1.29 is 5.11 Å². The van der Waals surface area contributed by atoms with Crippen LogP contribution >= 0.6 is 0 Å². The minimum atomic E-state index is -0.379. The Kier molecular flexibility index (Phi) is 4.39. The summed E-state index contributed by atoms with van der Waals surface area (Å²) >= 11 is 0. The third-order valence-electron chi connectivity index (χ3n) is 3.66. The highest BCUT2D eigenvalue weighted by Crippen LogP contribution is 2.25. The van der Waals surface area contributed by atoms with Crippen LogP contribution in [-0.4, -0.2) is 43.7 Å². The van der Waals surface area contributed by atoms with E-state index in [1.54, 1.807) is 6.33 Å². The minimum absolute atomic E-state index is 0.0518. The molecule has 0 spiro atoms. The van der Waals surface area contributed by atoms with Crippen molar-refractivity contribution in [3.8, 4) is 0 Å². The molecule has 2 heterocycles. The lowest BCUT2D eigenvalue weighted by molar-refractivity contribution is 0.202.